The molecule has 1 fully saturated rings. The van der Waals surface area contributed by atoms with Crippen molar-refractivity contribution >= 4 is 51.8 Å². The summed E-state index contributed by atoms with van der Waals surface area (Å²) in [6, 6.07) is 24.4. The molecule has 3 aromatic heterocycles. The first-order chi connectivity index (χ1) is 25.1. The number of nitrogens with zero attached hydrogens (tertiary/aromatic N) is 4. The molecule has 5 heterocycles. The number of pyridine rings is 1. The molecule has 0 radical (unpaired) electrons. The number of imidazole rings is 1. The molecular formula is C40H36Cl2N6O4. The second-order valence-electron chi connectivity index (χ2n) is 14.1. The van der Waals surface area contributed by atoms with Crippen molar-refractivity contribution in [2.45, 2.75) is 51.3 Å². The first-order valence-corrected chi connectivity index (χ1v) is 17.9. The maximum atomic E-state index is 14.5. The SMILES string of the molecule is CC(C)(C)OC(=O)N1CCC[C@@H]1COc1ncccc1NC(=O)c1[nH]c2cc(Cl)cc3c2c1-c1c(-c2ccccc2)ncn1C3c1ccc(Cl)cc1. The summed E-state index contributed by atoms with van der Waals surface area (Å²) in [6.07, 6.45) is 4.67. The van der Waals surface area contributed by atoms with Gasteiger partial charge < -0.3 is 29.2 Å². The van der Waals surface area contributed by atoms with Crippen molar-refractivity contribution in [1.29, 1.82) is 0 Å². The van der Waals surface area contributed by atoms with Gasteiger partial charge in [0.2, 0.25) is 5.88 Å². The zero-order valence-corrected chi connectivity index (χ0v) is 30.3. The smallest absolute Gasteiger partial charge is 0.410 e. The Morgan fingerprint density at radius 3 is 2.54 bits per heavy atom. The molecule has 52 heavy (non-hydrogen) atoms. The minimum atomic E-state index is -0.603. The second-order valence-corrected chi connectivity index (χ2v) is 14.9. The van der Waals surface area contributed by atoms with Crippen LogP contribution in [-0.4, -0.2) is 61.2 Å². The molecule has 0 bridgehead atoms. The van der Waals surface area contributed by atoms with E-state index in [-0.39, 0.29) is 36.6 Å². The summed E-state index contributed by atoms with van der Waals surface area (Å²) in [6.45, 7) is 6.33. The summed E-state index contributed by atoms with van der Waals surface area (Å²) in [7, 11) is 0. The molecular weight excluding hydrogens is 699 g/mol. The lowest BCUT2D eigenvalue weighted by atomic mass is 9.88. The Labute approximate surface area is 310 Å². The van der Waals surface area contributed by atoms with Crippen LogP contribution in [0.4, 0.5) is 10.5 Å². The van der Waals surface area contributed by atoms with Crippen molar-refractivity contribution in [2.24, 2.45) is 0 Å². The van der Waals surface area contributed by atoms with Crippen LogP contribution in [-0.2, 0) is 4.74 Å². The molecule has 12 heteroatoms. The van der Waals surface area contributed by atoms with Gasteiger partial charge in [0, 0.05) is 44.8 Å². The number of fused-ring (bicyclic) bond motifs is 2. The number of halogens is 2. The third kappa shape index (κ3) is 6.26. The summed E-state index contributed by atoms with van der Waals surface area (Å²) in [5.74, 6) is -0.141. The normalized spacial score (nSPS) is 16.5. The zero-order chi connectivity index (χ0) is 36.1. The fraction of sp³-hybridized carbons (Fsp3) is 0.250. The van der Waals surface area contributed by atoms with E-state index in [1.165, 1.54) is 0 Å². The lowest BCUT2D eigenvalue weighted by Crippen LogP contribution is -2.42. The molecule has 10 nitrogen and oxygen atoms in total. The van der Waals surface area contributed by atoms with E-state index in [1.54, 1.807) is 23.2 Å². The third-order valence-electron chi connectivity index (χ3n) is 9.39. The Morgan fingerprint density at radius 1 is 0.981 bits per heavy atom. The van der Waals surface area contributed by atoms with Gasteiger partial charge >= 0.3 is 6.09 Å². The number of nitrogens with one attached hydrogen (secondary N) is 2. The highest BCUT2D eigenvalue weighted by Gasteiger charge is 2.37. The van der Waals surface area contributed by atoms with Gasteiger partial charge in [0.15, 0.2) is 0 Å². The summed E-state index contributed by atoms with van der Waals surface area (Å²) in [5, 5.41) is 5.10. The van der Waals surface area contributed by atoms with E-state index >= 15 is 0 Å². The summed E-state index contributed by atoms with van der Waals surface area (Å²) < 4.78 is 13.9. The molecule has 2 aliphatic rings. The highest BCUT2D eigenvalue weighted by atomic mass is 35.5. The molecule has 0 saturated carbocycles. The van der Waals surface area contributed by atoms with Gasteiger partial charge in [0.05, 0.1) is 29.8 Å². The predicted octanol–water partition coefficient (Wildman–Crippen LogP) is 9.38. The van der Waals surface area contributed by atoms with Crippen LogP contribution in [0.25, 0.3) is 33.4 Å². The number of likely N-dealkylation sites (tertiary alicyclic amines) is 1. The van der Waals surface area contributed by atoms with Gasteiger partial charge in [-0.1, -0.05) is 65.7 Å². The number of rotatable bonds is 7. The van der Waals surface area contributed by atoms with E-state index in [0.29, 0.717) is 33.5 Å². The monoisotopic (exact) mass is 734 g/mol. The number of carbonyl (C=O) groups is 2. The Morgan fingerprint density at radius 2 is 1.77 bits per heavy atom. The predicted molar refractivity (Wildman–Crippen MR) is 202 cm³/mol. The van der Waals surface area contributed by atoms with Crippen LogP contribution in [0.1, 0.15) is 61.3 Å². The van der Waals surface area contributed by atoms with Crippen LogP contribution >= 0.6 is 23.2 Å². The Hall–Kier alpha value is -5.32. The number of H-pyrrole nitrogens is 1. The Kier molecular flexibility index (Phi) is 8.67. The molecule has 2 N–H and O–H groups in total. The van der Waals surface area contributed by atoms with E-state index in [1.807, 2.05) is 93.8 Å². The number of aromatic amines is 1. The van der Waals surface area contributed by atoms with Crippen molar-refractivity contribution < 1.29 is 19.1 Å². The van der Waals surface area contributed by atoms with Gasteiger partial charge in [0.1, 0.15) is 23.6 Å². The van der Waals surface area contributed by atoms with Gasteiger partial charge in [-0.15, -0.1) is 0 Å². The lowest BCUT2D eigenvalue weighted by Gasteiger charge is -2.28. The molecule has 3 aromatic carbocycles. The standard InChI is InChI=1S/C40H36Cl2N6O4/c1-40(2,3)52-39(50)47-18-8-11-27(47)21-51-38-29(12-7-17-43-38)46-37(49)34-32-31-28(19-26(42)20-30(31)45-34)35(24-13-15-25(41)16-14-24)48-22-44-33(36(32)48)23-9-5-4-6-10-23/h4-7,9-10,12-17,19-20,22,27,35,45H,8,11,18,21H2,1-3H3,(H,46,49)/t27-,35?/m1/s1. The molecule has 264 valence electrons. The van der Waals surface area contributed by atoms with E-state index in [9.17, 15) is 9.59 Å². The topological polar surface area (TPSA) is 114 Å². The number of benzene rings is 3. The van der Waals surface area contributed by atoms with Crippen LogP contribution in [0.2, 0.25) is 10.0 Å². The molecule has 1 unspecified atom stereocenters. The summed E-state index contributed by atoms with van der Waals surface area (Å²) in [5.41, 5.74) is 5.94. The molecule has 2 amide bonds. The largest absolute Gasteiger partial charge is 0.474 e. The van der Waals surface area contributed by atoms with Gasteiger partial charge in [-0.2, -0.15) is 0 Å². The summed E-state index contributed by atoms with van der Waals surface area (Å²) >= 11 is 13.1. The third-order valence-corrected chi connectivity index (χ3v) is 9.86. The number of hydrogen-bond acceptors (Lipinski definition) is 6. The number of hydrogen-bond donors (Lipinski definition) is 2. The zero-order valence-electron chi connectivity index (χ0n) is 28.8. The molecule has 1 saturated heterocycles. The number of carbonyl (C=O) groups excluding carboxylic acids is 2. The lowest BCUT2D eigenvalue weighted by molar-refractivity contribution is 0.0186. The molecule has 8 rings (SSSR count). The highest BCUT2D eigenvalue weighted by molar-refractivity contribution is 6.32. The first kappa shape index (κ1) is 33.8. The van der Waals surface area contributed by atoms with Crippen molar-refractivity contribution in [2.75, 3.05) is 18.5 Å². The van der Waals surface area contributed by atoms with Crippen molar-refractivity contribution in [3.8, 4) is 28.4 Å². The number of anilines is 1. The Bertz CT molecular complexity index is 2310. The maximum absolute atomic E-state index is 14.5. The van der Waals surface area contributed by atoms with E-state index in [0.717, 1.165) is 51.8 Å². The Balaban J connectivity index is 1.17. The van der Waals surface area contributed by atoms with Crippen LogP contribution in [0, 0.1) is 0 Å². The molecule has 6 aromatic rings. The van der Waals surface area contributed by atoms with Gasteiger partial charge in [-0.3, -0.25) is 4.79 Å². The first-order valence-electron chi connectivity index (χ1n) is 17.2. The summed E-state index contributed by atoms with van der Waals surface area (Å²) in [4.78, 5) is 41.8. The number of amides is 2. The molecule has 0 spiro atoms. The fourth-order valence-corrected chi connectivity index (χ4v) is 7.58. The van der Waals surface area contributed by atoms with Gasteiger partial charge in [-0.05, 0) is 81.1 Å². The van der Waals surface area contributed by atoms with E-state index in [4.69, 9.17) is 37.7 Å². The van der Waals surface area contributed by atoms with E-state index < -0.39 is 5.60 Å². The second kappa shape index (κ2) is 13.3. The van der Waals surface area contributed by atoms with Gasteiger partial charge in [0.25, 0.3) is 5.91 Å². The fourth-order valence-electron chi connectivity index (χ4n) is 7.23. The maximum Gasteiger partial charge on any atom is 0.410 e. The number of ether oxygens (including phenoxy) is 2. The average molecular weight is 736 g/mol. The van der Waals surface area contributed by atoms with Crippen LogP contribution in [0.15, 0.2) is 91.4 Å². The average Bonchev–Trinajstić information content (AvgIpc) is 3.86. The van der Waals surface area contributed by atoms with Crippen LogP contribution in [0.5, 0.6) is 5.88 Å². The van der Waals surface area contributed by atoms with E-state index in [2.05, 4.69) is 19.9 Å². The number of aromatic nitrogens is 4. The van der Waals surface area contributed by atoms with Gasteiger partial charge in [-0.25, -0.2) is 14.8 Å². The quantitative estimate of drug-likeness (QED) is 0.169. The molecule has 0 aliphatic carbocycles. The molecule has 2 aliphatic heterocycles. The van der Waals surface area contributed by atoms with Crippen LogP contribution < -0.4 is 10.1 Å². The van der Waals surface area contributed by atoms with Crippen LogP contribution in [0.3, 0.4) is 0 Å². The highest BCUT2D eigenvalue weighted by Crippen LogP contribution is 2.50. The van der Waals surface area contributed by atoms with Crippen molar-refractivity contribution in [3.63, 3.8) is 0 Å². The van der Waals surface area contributed by atoms with Crippen molar-refractivity contribution in [1.82, 2.24) is 24.4 Å². The molecule has 2 atom stereocenters. The van der Waals surface area contributed by atoms with Crippen molar-refractivity contribution in [3.05, 3.63) is 118 Å². The minimum Gasteiger partial charge on any atom is -0.474 e. The minimum absolute atomic E-state index is 0.188.